The smallest absolute Gasteiger partial charge is 0.240 e. The molecule has 5 heteroatoms. The molecule has 1 rings (SSSR count). The molecule has 0 spiro atoms. The van der Waals surface area contributed by atoms with Crippen LogP contribution in [-0.2, 0) is 10.0 Å². The molecule has 0 heterocycles. The number of hydrogen-bond acceptors (Lipinski definition) is 3. The quantitative estimate of drug-likeness (QED) is 0.832. The van der Waals surface area contributed by atoms with Crippen molar-refractivity contribution in [3.63, 3.8) is 0 Å². The Balaban J connectivity index is 2.79. The lowest BCUT2D eigenvalue weighted by atomic mass is 10.1. The molecule has 0 aromatic heterocycles. The zero-order valence-electron chi connectivity index (χ0n) is 11.1. The van der Waals surface area contributed by atoms with Crippen molar-refractivity contribution >= 4 is 10.0 Å². The van der Waals surface area contributed by atoms with Gasteiger partial charge in [-0.2, -0.15) is 0 Å². The van der Waals surface area contributed by atoms with E-state index >= 15 is 0 Å². The number of rotatable bonds is 6. The van der Waals surface area contributed by atoms with Crippen LogP contribution in [0.1, 0.15) is 38.9 Å². The molecular formula is C13H21NO3S. The van der Waals surface area contributed by atoms with Crippen molar-refractivity contribution in [2.75, 3.05) is 6.54 Å². The molecule has 18 heavy (non-hydrogen) atoms. The van der Waals surface area contributed by atoms with Gasteiger partial charge in [-0.05, 0) is 30.5 Å². The van der Waals surface area contributed by atoms with E-state index in [2.05, 4.69) is 4.72 Å². The van der Waals surface area contributed by atoms with Crippen molar-refractivity contribution in [2.24, 2.45) is 5.92 Å². The lowest BCUT2D eigenvalue weighted by Gasteiger charge is -2.11. The van der Waals surface area contributed by atoms with Gasteiger partial charge >= 0.3 is 0 Å². The fourth-order valence-electron chi connectivity index (χ4n) is 1.41. The van der Waals surface area contributed by atoms with E-state index in [1.807, 2.05) is 13.8 Å². The lowest BCUT2D eigenvalue weighted by molar-refractivity contribution is 0.199. The Labute approximate surface area is 109 Å². The average molecular weight is 271 g/mol. The summed E-state index contributed by atoms with van der Waals surface area (Å²) in [6.45, 7) is 6.11. The van der Waals surface area contributed by atoms with Gasteiger partial charge in [-0.3, -0.25) is 0 Å². The highest BCUT2D eigenvalue weighted by Crippen LogP contribution is 2.16. The van der Waals surface area contributed by atoms with Crippen molar-refractivity contribution in [1.82, 2.24) is 4.72 Å². The maximum Gasteiger partial charge on any atom is 0.240 e. The minimum Gasteiger partial charge on any atom is -0.389 e. The van der Waals surface area contributed by atoms with Gasteiger partial charge in [-0.15, -0.1) is 0 Å². The zero-order valence-corrected chi connectivity index (χ0v) is 11.9. The van der Waals surface area contributed by atoms with Crippen LogP contribution in [0.15, 0.2) is 29.2 Å². The van der Waals surface area contributed by atoms with Crippen LogP contribution in [0.4, 0.5) is 0 Å². The Morgan fingerprint density at radius 3 is 2.22 bits per heavy atom. The molecule has 0 bridgehead atoms. The van der Waals surface area contributed by atoms with E-state index in [-0.39, 0.29) is 4.90 Å². The number of aliphatic hydroxyl groups excluding tert-OH is 1. The van der Waals surface area contributed by atoms with E-state index in [4.69, 9.17) is 0 Å². The summed E-state index contributed by atoms with van der Waals surface area (Å²) in [4.78, 5) is 0.232. The molecule has 4 nitrogen and oxygen atoms in total. The molecule has 0 fully saturated rings. The Morgan fingerprint density at radius 2 is 1.78 bits per heavy atom. The molecule has 0 amide bonds. The summed E-state index contributed by atoms with van der Waals surface area (Å²) < 4.78 is 26.5. The molecule has 2 atom stereocenters. The standard InChI is InChI=1S/C13H21NO3S/c1-4-10(2)9-14-18(16,17)13-7-5-12(6-8-13)11(3)15/h5-8,10-11,14-15H,4,9H2,1-3H3. The maximum atomic E-state index is 12.0. The minimum absolute atomic E-state index is 0.232. The normalized spacial score (nSPS) is 15.3. The molecule has 0 saturated heterocycles. The van der Waals surface area contributed by atoms with Gasteiger partial charge < -0.3 is 5.11 Å². The van der Waals surface area contributed by atoms with Crippen LogP contribution >= 0.6 is 0 Å². The summed E-state index contributed by atoms with van der Waals surface area (Å²) in [5.74, 6) is 0.316. The van der Waals surface area contributed by atoms with Crippen LogP contribution in [0.2, 0.25) is 0 Å². The van der Waals surface area contributed by atoms with Gasteiger partial charge in [-0.1, -0.05) is 32.4 Å². The maximum absolute atomic E-state index is 12.0. The Bertz CT molecular complexity index is 466. The van der Waals surface area contributed by atoms with Crippen molar-refractivity contribution in [1.29, 1.82) is 0 Å². The Kier molecular flexibility index (Phi) is 5.31. The average Bonchev–Trinajstić information content (AvgIpc) is 2.36. The molecule has 0 aliphatic rings. The second kappa shape index (κ2) is 6.31. The van der Waals surface area contributed by atoms with Gasteiger partial charge in [-0.25, -0.2) is 13.1 Å². The molecule has 0 saturated carbocycles. The van der Waals surface area contributed by atoms with Crippen LogP contribution in [0.5, 0.6) is 0 Å². The van der Waals surface area contributed by atoms with Gasteiger partial charge in [0.05, 0.1) is 11.0 Å². The predicted octanol–water partition coefficient (Wildman–Crippen LogP) is 2.06. The zero-order chi connectivity index (χ0) is 13.8. The third kappa shape index (κ3) is 4.08. The first-order valence-electron chi connectivity index (χ1n) is 6.14. The van der Waals surface area contributed by atoms with Crippen LogP contribution in [0, 0.1) is 5.92 Å². The summed E-state index contributed by atoms with van der Waals surface area (Å²) >= 11 is 0. The molecule has 2 unspecified atom stereocenters. The molecule has 102 valence electrons. The first-order chi connectivity index (χ1) is 8.36. The van der Waals surface area contributed by atoms with Crippen molar-refractivity contribution in [3.8, 4) is 0 Å². The van der Waals surface area contributed by atoms with E-state index in [0.29, 0.717) is 18.0 Å². The van der Waals surface area contributed by atoms with Crippen molar-refractivity contribution < 1.29 is 13.5 Å². The van der Waals surface area contributed by atoms with E-state index < -0.39 is 16.1 Å². The molecule has 0 aliphatic carbocycles. The van der Waals surface area contributed by atoms with Gasteiger partial charge in [0.1, 0.15) is 0 Å². The summed E-state index contributed by atoms with van der Waals surface area (Å²) in [6, 6.07) is 6.28. The highest BCUT2D eigenvalue weighted by atomic mass is 32.2. The molecular weight excluding hydrogens is 250 g/mol. The van der Waals surface area contributed by atoms with Crippen molar-refractivity contribution in [3.05, 3.63) is 29.8 Å². The third-order valence-corrected chi connectivity index (χ3v) is 4.43. The van der Waals surface area contributed by atoms with Crippen LogP contribution in [0.25, 0.3) is 0 Å². The third-order valence-electron chi connectivity index (χ3n) is 2.99. The monoisotopic (exact) mass is 271 g/mol. The van der Waals surface area contributed by atoms with Gasteiger partial charge in [0.15, 0.2) is 0 Å². The van der Waals surface area contributed by atoms with E-state index in [0.717, 1.165) is 6.42 Å². The Hall–Kier alpha value is -0.910. The Morgan fingerprint density at radius 1 is 1.22 bits per heavy atom. The van der Waals surface area contributed by atoms with Crippen LogP contribution in [-0.4, -0.2) is 20.1 Å². The van der Waals surface area contributed by atoms with Gasteiger partial charge in [0.25, 0.3) is 0 Å². The number of aliphatic hydroxyl groups is 1. The van der Waals surface area contributed by atoms with E-state index in [9.17, 15) is 13.5 Å². The molecule has 0 aliphatic heterocycles. The van der Waals surface area contributed by atoms with E-state index in [1.165, 1.54) is 12.1 Å². The first kappa shape index (κ1) is 15.1. The topological polar surface area (TPSA) is 66.4 Å². The second-order valence-electron chi connectivity index (χ2n) is 4.61. The second-order valence-corrected chi connectivity index (χ2v) is 6.38. The number of hydrogen-bond donors (Lipinski definition) is 2. The summed E-state index contributed by atoms with van der Waals surface area (Å²) in [5, 5.41) is 9.36. The van der Waals surface area contributed by atoms with Gasteiger partial charge in [0.2, 0.25) is 10.0 Å². The molecule has 1 aromatic rings. The summed E-state index contributed by atoms with van der Waals surface area (Å²) in [6.07, 6.45) is 0.346. The first-order valence-corrected chi connectivity index (χ1v) is 7.62. The SMILES string of the molecule is CCC(C)CNS(=O)(=O)c1ccc(C(C)O)cc1. The van der Waals surface area contributed by atoms with Crippen LogP contribution < -0.4 is 4.72 Å². The number of sulfonamides is 1. The van der Waals surface area contributed by atoms with E-state index in [1.54, 1.807) is 19.1 Å². The molecule has 1 aromatic carbocycles. The summed E-state index contributed by atoms with van der Waals surface area (Å²) in [7, 11) is -3.44. The minimum atomic E-state index is -3.44. The fourth-order valence-corrected chi connectivity index (χ4v) is 2.57. The lowest BCUT2D eigenvalue weighted by Crippen LogP contribution is -2.28. The van der Waals surface area contributed by atoms with Crippen molar-refractivity contribution in [2.45, 2.75) is 38.2 Å². The highest BCUT2D eigenvalue weighted by Gasteiger charge is 2.14. The number of benzene rings is 1. The highest BCUT2D eigenvalue weighted by molar-refractivity contribution is 7.89. The summed E-state index contributed by atoms with van der Waals surface area (Å²) in [5.41, 5.74) is 0.705. The number of nitrogens with one attached hydrogen (secondary N) is 1. The largest absolute Gasteiger partial charge is 0.389 e. The van der Waals surface area contributed by atoms with Gasteiger partial charge in [0, 0.05) is 6.54 Å². The molecule has 0 radical (unpaired) electrons. The van der Waals surface area contributed by atoms with Crippen LogP contribution in [0.3, 0.4) is 0 Å². The molecule has 2 N–H and O–H groups in total. The fraction of sp³-hybridized carbons (Fsp3) is 0.538. The predicted molar refractivity (Wildman–Crippen MR) is 71.7 cm³/mol.